The van der Waals surface area contributed by atoms with Crippen LogP contribution in [0.1, 0.15) is 20.7 Å². The van der Waals surface area contributed by atoms with Crippen molar-refractivity contribution in [3.63, 3.8) is 0 Å². The van der Waals surface area contributed by atoms with Gasteiger partial charge in [-0.3, -0.25) is 4.79 Å². The second-order valence-electron chi connectivity index (χ2n) is 5.73. The minimum atomic E-state index is -1.25. The maximum absolute atomic E-state index is 12.6. The Morgan fingerprint density at radius 2 is 1.74 bits per heavy atom. The summed E-state index contributed by atoms with van der Waals surface area (Å²) >= 11 is 0. The van der Waals surface area contributed by atoms with E-state index in [4.69, 9.17) is 14.2 Å². The van der Waals surface area contributed by atoms with Crippen LogP contribution in [0.25, 0.3) is 0 Å². The molecule has 1 fully saturated rings. The number of hydrogen-bond acceptors (Lipinski definition) is 6. The van der Waals surface area contributed by atoms with Gasteiger partial charge in [-0.05, 0) is 24.3 Å². The third kappa shape index (κ3) is 3.84. The number of amides is 2. The number of carboxylic acids is 1. The van der Waals surface area contributed by atoms with Gasteiger partial charge in [0.1, 0.15) is 6.61 Å². The maximum atomic E-state index is 12.6. The topological polar surface area (TPSA) is 102 Å². The van der Waals surface area contributed by atoms with Gasteiger partial charge in [0, 0.05) is 0 Å². The van der Waals surface area contributed by atoms with Crippen LogP contribution in [0.15, 0.2) is 48.5 Å². The molecule has 1 aliphatic heterocycles. The molecule has 1 atom stereocenters. The van der Waals surface area contributed by atoms with Gasteiger partial charge < -0.3 is 19.3 Å². The molecule has 27 heavy (non-hydrogen) atoms. The molecule has 0 saturated carbocycles. The van der Waals surface area contributed by atoms with E-state index in [1.165, 1.54) is 31.4 Å². The Kier molecular flexibility index (Phi) is 5.25. The number of ether oxygens (including phenoxy) is 3. The standard InChI is InChI=1S/C19H17NO7/c1-25-15-8-4-5-9-16(15)26-11-12-10-20(19(24)27-12)17(21)13-6-2-3-7-14(13)18(22)23/h2-9,12H,10-11H2,1H3,(H,22,23). The van der Waals surface area contributed by atoms with Gasteiger partial charge >= 0.3 is 12.1 Å². The molecule has 1 aliphatic rings. The Hall–Kier alpha value is -3.55. The SMILES string of the molecule is COc1ccccc1OCC1CN(C(=O)c2ccccc2C(=O)O)C(=O)O1. The smallest absolute Gasteiger partial charge is 0.417 e. The summed E-state index contributed by atoms with van der Waals surface area (Å²) in [4.78, 5) is 36.8. The highest BCUT2D eigenvalue weighted by Crippen LogP contribution is 2.26. The fourth-order valence-corrected chi connectivity index (χ4v) is 2.70. The van der Waals surface area contributed by atoms with Gasteiger partial charge in [0.2, 0.25) is 0 Å². The lowest BCUT2D eigenvalue weighted by molar-refractivity contribution is 0.0682. The first kappa shape index (κ1) is 18.2. The number of rotatable bonds is 6. The van der Waals surface area contributed by atoms with Gasteiger partial charge in [0.05, 0.1) is 24.8 Å². The second kappa shape index (κ2) is 7.77. The molecule has 2 amide bonds. The molecule has 3 rings (SSSR count). The van der Waals surface area contributed by atoms with Crippen molar-refractivity contribution >= 4 is 18.0 Å². The highest BCUT2D eigenvalue weighted by Gasteiger charge is 2.37. The Balaban J connectivity index is 1.69. The van der Waals surface area contributed by atoms with E-state index in [0.717, 1.165) is 4.90 Å². The van der Waals surface area contributed by atoms with Crippen LogP contribution in [0.2, 0.25) is 0 Å². The molecule has 2 aromatic carbocycles. The van der Waals surface area contributed by atoms with Crippen molar-refractivity contribution in [1.29, 1.82) is 0 Å². The minimum absolute atomic E-state index is 0.0243. The number of benzene rings is 2. The quantitative estimate of drug-likeness (QED) is 0.832. The van der Waals surface area contributed by atoms with E-state index in [2.05, 4.69) is 0 Å². The van der Waals surface area contributed by atoms with E-state index in [0.29, 0.717) is 11.5 Å². The number of imide groups is 1. The van der Waals surface area contributed by atoms with Crippen molar-refractivity contribution in [2.24, 2.45) is 0 Å². The number of cyclic esters (lactones) is 1. The highest BCUT2D eigenvalue weighted by molar-refractivity contribution is 6.09. The summed E-state index contributed by atoms with van der Waals surface area (Å²) in [6.07, 6.45) is -1.52. The lowest BCUT2D eigenvalue weighted by Gasteiger charge is -2.14. The number of para-hydroxylation sites is 2. The summed E-state index contributed by atoms with van der Waals surface area (Å²) in [5.41, 5.74) is -0.253. The van der Waals surface area contributed by atoms with Crippen molar-refractivity contribution in [3.8, 4) is 11.5 Å². The first-order valence-corrected chi connectivity index (χ1v) is 8.12. The average molecular weight is 371 g/mol. The molecule has 8 heteroatoms. The fourth-order valence-electron chi connectivity index (χ4n) is 2.70. The molecule has 1 heterocycles. The zero-order valence-corrected chi connectivity index (χ0v) is 14.5. The molecule has 0 aliphatic carbocycles. The van der Waals surface area contributed by atoms with Gasteiger partial charge in [-0.2, -0.15) is 0 Å². The van der Waals surface area contributed by atoms with E-state index < -0.39 is 24.1 Å². The number of carbonyl (C=O) groups excluding carboxylic acids is 2. The first-order valence-electron chi connectivity index (χ1n) is 8.12. The van der Waals surface area contributed by atoms with Crippen LogP contribution < -0.4 is 9.47 Å². The lowest BCUT2D eigenvalue weighted by Crippen LogP contribution is -2.34. The van der Waals surface area contributed by atoms with Gasteiger partial charge in [-0.25, -0.2) is 14.5 Å². The Labute approximate surface area is 154 Å². The average Bonchev–Trinajstić information content (AvgIpc) is 3.06. The van der Waals surface area contributed by atoms with Crippen molar-refractivity contribution in [2.45, 2.75) is 6.10 Å². The van der Waals surface area contributed by atoms with Gasteiger partial charge in [0.25, 0.3) is 5.91 Å². The van der Waals surface area contributed by atoms with Crippen LogP contribution in [0.4, 0.5) is 4.79 Å². The molecule has 0 radical (unpaired) electrons. The maximum Gasteiger partial charge on any atom is 0.417 e. The summed E-state index contributed by atoms with van der Waals surface area (Å²) in [5, 5.41) is 9.22. The van der Waals surface area contributed by atoms with Crippen LogP contribution in [0, 0.1) is 0 Å². The van der Waals surface area contributed by atoms with Crippen molar-refractivity contribution < 1.29 is 33.7 Å². The molecule has 140 valence electrons. The molecule has 1 saturated heterocycles. The Morgan fingerprint density at radius 3 is 2.41 bits per heavy atom. The normalized spacial score (nSPS) is 16.0. The molecule has 8 nitrogen and oxygen atoms in total. The van der Waals surface area contributed by atoms with E-state index in [9.17, 15) is 19.5 Å². The van der Waals surface area contributed by atoms with E-state index >= 15 is 0 Å². The lowest BCUT2D eigenvalue weighted by atomic mass is 10.1. The molecule has 2 aromatic rings. The van der Waals surface area contributed by atoms with Gasteiger partial charge in [0.15, 0.2) is 17.6 Å². The predicted molar refractivity (Wildman–Crippen MR) is 93.2 cm³/mol. The van der Waals surface area contributed by atoms with E-state index in [1.54, 1.807) is 24.3 Å². The zero-order valence-electron chi connectivity index (χ0n) is 14.5. The van der Waals surface area contributed by atoms with Crippen LogP contribution >= 0.6 is 0 Å². The van der Waals surface area contributed by atoms with Crippen LogP contribution in [0.5, 0.6) is 11.5 Å². The summed E-state index contributed by atoms with van der Waals surface area (Å²) < 4.78 is 16.0. The number of carbonyl (C=O) groups is 3. The van der Waals surface area contributed by atoms with Crippen molar-refractivity contribution in [2.75, 3.05) is 20.3 Å². The van der Waals surface area contributed by atoms with E-state index in [1.807, 2.05) is 0 Å². The summed E-state index contributed by atoms with van der Waals surface area (Å²) in [5.74, 6) is -0.956. The van der Waals surface area contributed by atoms with Gasteiger partial charge in [-0.1, -0.05) is 24.3 Å². The zero-order chi connectivity index (χ0) is 19.4. The molecule has 0 aromatic heterocycles. The van der Waals surface area contributed by atoms with Crippen molar-refractivity contribution in [3.05, 3.63) is 59.7 Å². The van der Waals surface area contributed by atoms with Gasteiger partial charge in [-0.15, -0.1) is 0 Å². The minimum Gasteiger partial charge on any atom is -0.493 e. The van der Waals surface area contributed by atoms with Crippen LogP contribution in [0.3, 0.4) is 0 Å². The van der Waals surface area contributed by atoms with Crippen LogP contribution in [-0.4, -0.2) is 54.3 Å². The number of nitrogens with zero attached hydrogens (tertiary/aromatic N) is 1. The summed E-state index contributed by atoms with van der Waals surface area (Å²) in [7, 11) is 1.51. The fraction of sp³-hybridized carbons (Fsp3) is 0.211. The van der Waals surface area contributed by atoms with E-state index in [-0.39, 0.29) is 24.3 Å². The van der Waals surface area contributed by atoms with Crippen molar-refractivity contribution in [1.82, 2.24) is 4.90 Å². The predicted octanol–water partition coefficient (Wildman–Crippen LogP) is 2.43. The second-order valence-corrected chi connectivity index (χ2v) is 5.73. The summed E-state index contributed by atoms with van der Waals surface area (Å²) in [6.45, 7) is -0.0166. The third-order valence-electron chi connectivity index (χ3n) is 4.00. The number of hydrogen-bond donors (Lipinski definition) is 1. The number of methoxy groups -OCH3 is 1. The van der Waals surface area contributed by atoms with Crippen LogP contribution in [-0.2, 0) is 4.74 Å². The number of aromatic carboxylic acids is 1. The molecular weight excluding hydrogens is 354 g/mol. The molecule has 1 unspecified atom stereocenters. The molecule has 1 N–H and O–H groups in total. The largest absolute Gasteiger partial charge is 0.493 e. The molecular formula is C19H17NO7. The summed E-state index contributed by atoms with van der Waals surface area (Å²) in [6, 6.07) is 12.7. The number of carboxylic acid groups (broad SMARTS) is 1. The third-order valence-corrected chi connectivity index (χ3v) is 4.00. The Bertz CT molecular complexity index is 880. The molecule has 0 spiro atoms. The highest BCUT2D eigenvalue weighted by atomic mass is 16.6. The molecule has 0 bridgehead atoms. The monoisotopic (exact) mass is 371 g/mol. The Morgan fingerprint density at radius 1 is 1.11 bits per heavy atom. The first-order chi connectivity index (χ1) is 13.0.